The topological polar surface area (TPSA) is 131 Å². The summed E-state index contributed by atoms with van der Waals surface area (Å²) in [5, 5.41) is 19.0. The summed E-state index contributed by atoms with van der Waals surface area (Å²) >= 11 is 0. The molecule has 1 saturated carbocycles. The third-order valence-electron chi connectivity index (χ3n) is 8.31. The van der Waals surface area contributed by atoms with Crippen LogP contribution in [0.3, 0.4) is 0 Å². The highest BCUT2D eigenvalue weighted by molar-refractivity contribution is 6.02. The Morgan fingerprint density at radius 3 is 2.57 bits per heavy atom. The number of nitrogens with one attached hydrogen (secondary N) is 2. The summed E-state index contributed by atoms with van der Waals surface area (Å²) in [6, 6.07) is 3.63. The van der Waals surface area contributed by atoms with Crippen LogP contribution < -0.4 is 10.0 Å². The van der Waals surface area contributed by atoms with E-state index in [4.69, 9.17) is 4.52 Å². The molecule has 2 aliphatic rings. The van der Waals surface area contributed by atoms with E-state index < -0.39 is 36.8 Å². The van der Waals surface area contributed by atoms with E-state index in [2.05, 4.69) is 27.4 Å². The van der Waals surface area contributed by atoms with Crippen molar-refractivity contribution in [3.63, 3.8) is 0 Å². The summed E-state index contributed by atoms with van der Waals surface area (Å²) in [6.07, 6.45) is 7.01. The quantitative estimate of drug-likeness (QED) is 0.251. The molecule has 1 aliphatic heterocycles. The van der Waals surface area contributed by atoms with Crippen LogP contribution in [0, 0.1) is 29.8 Å². The van der Waals surface area contributed by atoms with E-state index in [1.165, 1.54) is 18.4 Å². The third-order valence-corrected chi connectivity index (χ3v) is 8.31. The van der Waals surface area contributed by atoms with E-state index in [0.717, 1.165) is 43.0 Å². The average Bonchev–Trinajstić information content (AvgIpc) is 3.57. The largest absolute Gasteiger partial charge is 0.619 e. The number of aryl methyl sites for hydroxylation is 1. The molecule has 2 amide bonds. The number of benzene rings is 1. The van der Waals surface area contributed by atoms with Crippen molar-refractivity contribution >= 4 is 22.8 Å². The van der Waals surface area contributed by atoms with Crippen molar-refractivity contribution in [2.75, 3.05) is 13.1 Å². The number of pyridine rings is 1. The average molecular weight is 583 g/mol. The minimum atomic E-state index is -2.98. The molecular weight excluding hydrogens is 553 g/mol. The van der Waals surface area contributed by atoms with Crippen molar-refractivity contribution in [3.8, 4) is 11.1 Å². The number of carbonyl (C=O) groups is 2. The number of halogens is 3. The van der Waals surface area contributed by atoms with Gasteiger partial charge in [0.2, 0.25) is 0 Å². The lowest BCUT2D eigenvalue weighted by Gasteiger charge is -2.38. The molecule has 0 unspecified atom stereocenters. The van der Waals surface area contributed by atoms with Crippen LogP contribution >= 0.6 is 0 Å². The van der Waals surface area contributed by atoms with E-state index in [1.54, 1.807) is 13.0 Å². The van der Waals surface area contributed by atoms with Crippen LogP contribution in [0.25, 0.3) is 22.2 Å². The lowest BCUT2D eigenvalue weighted by Crippen LogP contribution is -2.58. The number of aromatic amines is 1. The Morgan fingerprint density at radius 1 is 1.17 bits per heavy atom. The zero-order valence-corrected chi connectivity index (χ0v) is 23.0. The monoisotopic (exact) mass is 582 g/mol. The van der Waals surface area contributed by atoms with Gasteiger partial charge in [-0.25, -0.2) is 18.2 Å². The molecule has 3 aromatic heterocycles. The third kappa shape index (κ3) is 5.07. The van der Waals surface area contributed by atoms with Gasteiger partial charge < -0.3 is 24.9 Å². The van der Waals surface area contributed by atoms with Crippen LogP contribution in [-0.4, -0.2) is 50.9 Å². The number of nitrogens with zero attached hydrogens (tertiary/aromatic N) is 4. The zero-order chi connectivity index (χ0) is 29.8. The fourth-order valence-corrected chi connectivity index (χ4v) is 5.88. The van der Waals surface area contributed by atoms with Crippen LogP contribution in [0.2, 0.25) is 0 Å². The molecule has 1 saturated heterocycles. The van der Waals surface area contributed by atoms with Gasteiger partial charge >= 0.3 is 0 Å². The zero-order valence-electron chi connectivity index (χ0n) is 23.0. The molecule has 1 aromatic carbocycles. The van der Waals surface area contributed by atoms with Crippen LogP contribution in [0.4, 0.5) is 13.2 Å². The van der Waals surface area contributed by atoms with E-state index in [0.29, 0.717) is 33.2 Å². The van der Waals surface area contributed by atoms with Crippen molar-refractivity contribution in [1.29, 1.82) is 0 Å². The molecule has 0 bridgehead atoms. The van der Waals surface area contributed by atoms with Crippen molar-refractivity contribution in [2.45, 2.75) is 51.5 Å². The number of hydrogen-bond acceptors (Lipinski definition) is 6. The summed E-state index contributed by atoms with van der Waals surface area (Å²) in [7, 11) is 0. The normalized spacial score (nSPS) is 20.7. The Morgan fingerprint density at radius 2 is 1.90 bits per heavy atom. The standard InChI is InChI=1S/C29H29F3N6O4/c1-15-3-5-17(6-4-15)24(35-27(39)21-12-42-36-16(21)2)26-33-22-8-7-18(23(30)25(22)34-26)20-11-38(41)10-9-19(20)28(40)37-13-29(31,32)14-37/h7-12,15,17,24H,3-6,13-14H2,1-2H3,(H,33,34)(H,35,39)/t15?,17?,24-/m0/s1. The van der Waals surface area contributed by atoms with Gasteiger partial charge in [-0.15, -0.1) is 0 Å². The molecular formula is C29H29F3N6O4. The summed E-state index contributed by atoms with van der Waals surface area (Å²) in [6.45, 7) is 2.35. The van der Waals surface area contributed by atoms with E-state index >= 15 is 4.39 Å². The van der Waals surface area contributed by atoms with Gasteiger partial charge in [-0.05, 0) is 43.7 Å². The second-order valence-electron chi connectivity index (χ2n) is 11.4. The summed E-state index contributed by atoms with van der Waals surface area (Å²) in [4.78, 5) is 34.8. The predicted molar refractivity (Wildman–Crippen MR) is 144 cm³/mol. The van der Waals surface area contributed by atoms with Crippen LogP contribution in [0.5, 0.6) is 0 Å². The maximum absolute atomic E-state index is 16.1. The maximum atomic E-state index is 16.1. The summed E-state index contributed by atoms with van der Waals surface area (Å²) in [5.74, 6) is -3.91. The second-order valence-corrected chi connectivity index (χ2v) is 11.4. The SMILES string of the molecule is Cc1nocc1C(=O)N[C@H](c1nc2c(F)c(-c3c[n+]([O-])ccc3C(=O)N3CC(F)(F)C3)ccc2[nH]1)C1CCC(C)CC1. The van der Waals surface area contributed by atoms with Gasteiger partial charge in [0.1, 0.15) is 23.2 Å². The lowest BCUT2D eigenvalue weighted by atomic mass is 9.79. The summed E-state index contributed by atoms with van der Waals surface area (Å²) < 4.78 is 48.3. The maximum Gasteiger partial charge on any atom is 0.282 e. The first kappa shape index (κ1) is 27.7. The highest BCUT2D eigenvalue weighted by atomic mass is 19.3. The number of hydrogen-bond donors (Lipinski definition) is 2. The predicted octanol–water partition coefficient (Wildman–Crippen LogP) is 4.69. The molecule has 2 fully saturated rings. The molecule has 4 aromatic rings. The number of aromatic nitrogens is 4. The van der Waals surface area contributed by atoms with Gasteiger partial charge in [-0.1, -0.05) is 24.9 Å². The van der Waals surface area contributed by atoms with Gasteiger partial charge in [0.05, 0.1) is 41.5 Å². The number of imidazole rings is 1. The molecule has 0 radical (unpaired) electrons. The van der Waals surface area contributed by atoms with Gasteiger partial charge in [0.15, 0.2) is 18.2 Å². The van der Waals surface area contributed by atoms with E-state index in [-0.39, 0.29) is 34.0 Å². The van der Waals surface area contributed by atoms with Gasteiger partial charge in [-0.3, -0.25) is 9.59 Å². The van der Waals surface area contributed by atoms with Crippen LogP contribution in [0.1, 0.15) is 70.9 Å². The number of fused-ring (bicyclic) bond motifs is 1. The Labute approximate surface area is 238 Å². The molecule has 220 valence electrons. The van der Waals surface area contributed by atoms with Gasteiger partial charge in [0.25, 0.3) is 17.7 Å². The first-order chi connectivity index (χ1) is 20.0. The van der Waals surface area contributed by atoms with Gasteiger partial charge in [-0.2, -0.15) is 4.73 Å². The molecule has 4 heterocycles. The Bertz CT molecular complexity index is 1670. The Hall–Kier alpha value is -4.42. The minimum Gasteiger partial charge on any atom is -0.619 e. The van der Waals surface area contributed by atoms with Crippen LogP contribution in [0.15, 0.2) is 41.4 Å². The smallest absolute Gasteiger partial charge is 0.282 e. The molecule has 0 spiro atoms. The molecule has 1 atom stereocenters. The minimum absolute atomic E-state index is 0.0364. The van der Waals surface area contributed by atoms with E-state index in [1.807, 2.05) is 0 Å². The van der Waals surface area contributed by atoms with Crippen LogP contribution in [-0.2, 0) is 0 Å². The number of carbonyl (C=O) groups excluding carboxylic acids is 2. The molecule has 13 heteroatoms. The Kier molecular flexibility index (Phi) is 6.90. The molecule has 6 rings (SSSR count). The molecule has 10 nitrogen and oxygen atoms in total. The number of H-pyrrole nitrogens is 1. The number of amides is 2. The second kappa shape index (κ2) is 10.4. The number of likely N-dealkylation sites (tertiary alicyclic amines) is 1. The fourth-order valence-electron chi connectivity index (χ4n) is 5.88. The molecule has 2 N–H and O–H groups in total. The molecule has 42 heavy (non-hydrogen) atoms. The highest BCUT2D eigenvalue weighted by Crippen LogP contribution is 2.38. The van der Waals surface area contributed by atoms with Crippen molar-refractivity contribution in [1.82, 2.24) is 25.3 Å². The number of rotatable bonds is 6. The first-order valence-corrected chi connectivity index (χ1v) is 13.8. The number of alkyl halides is 2. The van der Waals surface area contributed by atoms with E-state index in [9.17, 15) is 23.6 Å². The van der Waals surface area contributed by atoms with Crippen molar-refractivity contribution in [2.24, 2.45) is 11.8 Å². The van der Waals surface area contributed by atoms with Gasteiger partial charge in [0, 0.05) is 11.6 Å². The first-order valence-electron chi connectivity index (χ1n) is 13.8. The van der Waals surface area contributed by atoms with Crippen molar-refractivity contribution < 1.29 is 32.0 Å². The fraction of sp³-hybridized carbons (Fsp3) is 0.414. The summed E-state index contributed by atoms with van der Waals surface area (Å²) in [5.41, 5.74) is 0.867. The molecule has 1 aliphatic carbocycles. The highest BCUT2D eigenvalue weighted by Gasteiger charge is 2.47. The Balaban J connectivity index is 1.37. The lowest BCUT2D eigenvalue weighted by molar-refractivity contribution is -0.604. The van der Waals surface area contributed by atoms with Crippen molar-refractivity contribution in [3.05, 3.63) is 70.5 Å².